The minimum atomic E-state index is 0.591. The summed E-state index contributed by atoms with van der Waals surface area (Å²) < 4.78 is 0. The van der Waals surface area contributed by atoms with E-state index in [2.05, 4.69) is 162 Å². The van der Waals surface area contributed by atoms with E-state index in [4.69, 9.17) is 11.5 Å². The van der Waals surface area contributed by atoms with E-state index in [0.29, 0.717) is 6.54 Å². The first-order valence-corrected chi connectivity index (χ1v) is 20.9. The molecule has 0 saturated carbocycles. The largest absolute Gasteiger partial charge is 0.331 e. The van der Waals surface area contributed by atoms with Crippen LogP contribution >= 0.6 is 0 Å². The van der Waals surface area contributed by atoms with E-state index in [1.165, 1.54) is 77.9 Å². The molecule has 304 valence electrons. The van der Waals surface area contributed by atoms with Crippen molar-refractivity contribution >= 4 is 22.3 Å². The fraction of sp³-hybridized carbons (Fsp3) is 0.250. The molecule has 0 heterocycles. The number of aryl methyl sites for hydroxylation is 2. The van der Waals surface area contributed by atoms with Crippen LogP contribution in [0.1, 0.15) is 110 Å². The second-order valence-electron chi connectivity index (χ2n) is 13.9. The van der Waals surface area contributed by atoms with Crippen molar-refractivity contribution in [1.29, 1.82) is 0 Å². The highest BCUT2D eigenvalue weighted by atomic mass is 14.5. The van der Waals surface area contributed by atoms with E-state index in [9.17, 15) is 0 Å². The Balaban J connectivity index is 0.000000440. The number of allylic oxidation sites excluding steroid dienone is 14. The SMILES string of the molecule is C=C.C=C/C=C\C(=C/C)c1ccc(CN)cc1.C=CC1=C(c2ccc(Cc3ccccc3)cc2C)CCC(c2ccc(C)c(C3=C(C)CCC=C3)c2)=C1.CC.CCN. The lowest BCUT2D eigenvalue weighted by atomic mass is 9.82. The Kier molecular flexibility index (Phi) is 22.8. The van der Waals surface area contributed by atoms with Crippen molar-refractivity contribution in [2.75, 3.05) is 6.54 Å². The summed E-state index contributed by atoms with van der Waals surface area (Å²) in [5, 5.41) is 0. The molecule has 2 aliphatic rings. The molecular formula is C56H70N2. The summed E-state index contributed by atoms with van der Waals surface area (Å²) in [4.78, 5) is 0. The van der Waals surface area contributed by atoms with Crippen LogP contribution < -0.4 is 11.5 Å². The van der Waals surface area contributed by atoms with Gasteiger partial charge in [0.25, 0.3) is 0 Å². The molecule has 0 atom stereocenters. The molecule has 0 fully saturated rings. The summed E-state index contributed by atoms with van der Waals surface area (Å²) in [5.41, 5.74) is 30.4. The maximum Gasteiger partial charge on any atom is 0.0178 e. The maximum absolute atomic E-state index is 5.55. The van der Waals surface area contributed by atoms with Crippen LogP contribution in [-0.2, 0) is 13.0 Å². The van der Waals surface area contributed by atoms with Gasteiger partial charge in [0, 0.05) is 6.54 Å². The Bertz CT molecular complexity index is 2080. The predicted molar refractivity (Wildman–Crippen MR) is 262 cm³/mol. The zero-order valence-electron chi connectivity index (χ0n) is 36.7. The van der Waals surface area contributed by atoms with E-state index in [0.717, 1.165) is 44.2 Å². The molecule has 2 heteroatoms. The number of rotatable bonds is 10. The zero-order chi connectivity index (χ0) is 42.9. The van der Waals surface area contributed by atoms with Crippen LogP contribution in [-0.4, -0.2) is 6.54 Å². The van der Waals surface area contributed by atoms with Crippen molar-refractivity contribution in [3.63, 3.8) is 0 Å². The van der Waals surface area contributed by atoms with Crippen molar-refractivity contribution in [3.8, 4) is 0 Å². The lowest BCUT2D eigenvalue weighted by Gasteiger charge is -2.22. The third kappa shape index (κ3) is 14.4. The van der Waals surface area contributed by atoms with Gasteiger partial charge in [-0.3, -0.25) is 0 Å². The molecule has 2 nitrogen and oxygen atoms in total. The van der Waals surface area contributed by atoms with Crippen LogP contribution in [0.4, 0.5) is 0 Å². The average molecular weight is 771 g/mol. The Morgan fingerprint density at radius 1 is 0.741 bits per heavy atom. The molecule has 4 N–H and O–H groups in total. The van der Waals surface area contributed by atoms with Gasteiger partial charge in [0.05, 0.1) is 0 Å². The van der Waals surface area contributed by atoms with Gasteiger partial charge in [0.2, 0.25) is 0 Å². The van der Waals surface area contributed by atoms with E-state index >= 15 is 0 Å². The molecule has 58 heavy (non-hydrogen) atoms. The van der Waals surface area contributed by atoms with Gasteiger partial charge in [-0.05, 0) is 150 Å². The molecule has 4 aromatic rings. The molecule has 0 amide bonds. The molecule has 0 unspecified atom stereocenters. The maximum atomic E-state index is 5.55. The number of nitrogens with two attached hydrogens (primary N) is 2. The first-order valence-electron chi connectivity index (χ1n) is 20.9. The molecule has 0 saturated heterocycles. The number of benzene rings is 4. The van der Waals surface area contributed by atoms with Crippen molar-refractivity contribution in [2.45, 2.75) is 87.1 Å². The Morgan fingerprint density at radius 2 is 1.41 bits per heavy atom. The lowest BCUT2D eigenvalue weighted by Crippen LogP contribution is -2.02. The predicted octanol–water partition coefficient (Wildman–Crippen LogP) is 14.9. The smallest absolute Gasteiger partial charge is 0.0178 e. The summed E-state index contributed by atoms with van der Waals surface area (Å²) in [6.07, 6.45) is 22.3. The average Bonchev–Trinajstić information content (AvgIpc) is 3.27. The summed E-state index contributed by atoms with van der Waals surface area (Å²) in [6, 6.07) is 33.0. The van der Waals surface area contributed by atoms with Crippen LogP contribution in [0.2, 0.25) is 0 Å². The van der Waals surface area contributed by atoms with Crippen molar-refractivity contribution in [3.05, 3.63) is 227 Å². The minimum absolute atomic E-state index is 0.591. The van der Waals surface area contributed by atoms with Gasteiger partial charge in [-0.1, -0.05) is 173 Å². The van der Waals surface area contributed by atoms with Gasteiger partial charge in [-0.15, -0.1) is 13.2 Å². The second kappa shape index (κ2) is 27.2. The quantitative estimate of drug-likeness (QED) is 0.125. The molecule has 4 aromatic carbocycles. The van der Waals surface area contributed by atoms with Crippen molar-refractivity contribution in [1.82, 2.24) is 0 Å². The first-order chi connectivity index (χ1) is 28.3. The Hall–Kier alpha value is -5.54. The van der Waals surface area contributed by atoms with Crippen LogP contribution in [0, 0.1) is 13.8 Å². The topological polar surface area (TPSA) is 52.0 Å². The summed E-state index contributed by atoms with van der Waals surface area (Å²) in [5.74, 6) is 0. The van der Waals surface area contributed by atoms with Gasteiger partial charge in [-0.25, -0.2) is 0 Å². The summed E-state index contributed by atoms with van der Waals surface area (Å²) >= 11 is 0. The highest BCUT2D eigenvalue weighted by Gasteiger charge is 2.18. The highest BCUT2D eigenvalue weighted by Crippen LogP contribution is 2.39. The van der Waals surface area contributed by atoms with E-state index in [1.807, 2.05) is 45.9 Å². The molecule has 0 aromatic heterocycles. The van der Waals surface area contributed by atoms with Gasteiger partial charge >= 0.3 is 0 Å². The van der Waals surface area contributed by atoms with Crippen molar-refractivity contribution in [2.24, 2.45) is 11.5 Å². The minimum Gasteiger partial charge on any atom is -0.331 e. The molecule has 6 rings (SSSR count). The highest BCUT2D eigenvalue weighted by molar-refractivity contribution is 5.86. The Morgan fingerprint density at radius 3 is 2.00 bits per heavy atom. The third-order valence-corrected chi connectivity index (χ3v) is 9.98. The molecule has 0 radical (unpaired) electrons. The molecule has 0 aliphatic heterocycles. The van der Waals surface area contributed by atoms with E-state index in [-0.39, 0.29) is 0 Å². The van der Waals surface area contributed by atoms with E-state index in [1.54, 1.807) is 6.08 Å². The fourth-order valence-corrected chi connectivity index (χ4v) is 7.03. The summed E-state index contributed by atoms with van der Waals surface area (Å²) in [6.45, 7) is 29.9. The monoisotopic (exact) mass is 771 g/mol. The molecular weight excluding hydrogens is 701 g/mol. The Labute approximate surface area is 353 Å². The van der Waals surface area contributed by atoms with Gasteiger partial charge in [-0.2, -0.15) is 0 Å². The second-order valence-corrected chi connectivity index (χ2v) is 13.9. The van der Waals surface area contributed by atoms with Crippen LogP contribution in [0.25, 0.3) is 22.3 Å². The fourth-order valence-electron chi connectivity index (χ4n) is 7.03. The normalized spacial score (nSPS) is 13.4. The standard InChI is InChI=1S/C36H36.C14H17N.C2H7N.C2H6.C2H4/c1-5-30-23-31(32-17-15-26(3)36(24-32)33-14-10-9-11-25(33)2)18-20-35(30)34-19-16-29(21-27(34)4)22-28-12-7-6-8-13-28;1-3-5-6-13(4-2)14-9-7-12(11-15)8-10-14;1-2-3;2*1-2/h5-8,10,12-17,19,21,23-24H,1,9,11,18,20,22H2,2-4H3;3-10H,1,11,15H2,2H3;2-3H2,1H3;1-2H3;1-2H2/b;6-5-,13-4+;;;. The van der Waals surface area contributed by atoms with Crippen LogP contribution in [0.15, 0.2) is 177 Å². The van der Waals surface area contributed by atoms with Crippen molar-refractivity contribution < 1.29 is 0 Å². The van der Waals surface area contributed by atoms with Gasteiger partial charge < -0.3 is 11.5 Å². The number of hydrogen-bond acceptors (Lipinski definition) is 2. The lowest BCUT2D eigenvalue weighted by molar-refractivity contribution is 0.966. The third-order valence-electron chi connectivity index (χ3n) is 9.98. The molecule has 0 spiro atoms. The number of hydrogen-bond donors (Lipinski definition) is 2. The first kappa shape index (κ1) is 48.6. The molecule has 2 aliphatic carbocycles. The van der Waals surface area contributed by atoms with Gasteiger partial charge in [0.1, 0.15) is 0 Å². The zero-order valence-corrected chi connectivity index (χ0v) is 36.7. The van der Waals surface area contributed by atoms with Gasteiger partial charge in [0.15, 0.2) is 0 Å². The molecule has 0 bridgehead atoms. The van der Waals surface area contributed by atoms with Crippen LogP contribution in [0.5, 0.6) is 0 Å². The van der Waals surface area contributed by atoms with Crippen LogP contribution in [0.3, 0.4) is 0 Å². The summed E-state index contributed by atoms with van der Waals surface area (Å²) in [7, 11) is 0. The van der Waals surface area contributed by atoms with E-state index < -0.39 is 0 Å².